The van der Waals surface area contributed by atoms with Crippen LogP contribution >= 0.6 is 0 Å². The monoisotopic (exact) mass is 248 g/mol. The lowest BCUT2D eigenvalue weighted by molar-refractivity contribution is 0.0952. The van der Waals surface area contributed by atoms with E-state index < -0.39 is 0 Å². The van der Waals surface area contributed by atoms with E-state index in [1.807, 2.05) is 0 Å². The lowest BCUT2D eigenvalue weighted by Gasteiger charge is -2.08. The third kappa shape index (κ3) is 3.39. The molecule has 0 unspecified atom stereocenters. The molecule has 1 saturated carbocycles. The zero-order chi connectivity index (χ0) is 13.0. The summed E-state index contributed by atoms with van der Waals surface area (Å²) in [5.41, 5.74) is 6.84. The molecule has 3 N–H and O–H groups in total. The summed E-state index contributed by atoms with van der Waals surface area (Å²) in [6.07, 6.45) is 5.01. The molecule has 1 aromatic carbocycles. The highest BCUT2D eigenvalue weighted by Gasteiger charge is 2.20. The average molecular weight is 248 g/mol. The Bertz CT molecular complexity index is 428. The van der Waals surface area contributed by atoms with Crippen molar-refractivity contribution in [1.82, 2.24) is 5.32 Å². The van der Waals surface area contributed by atoms with E-state index in [1.54, 1.807) is 25.3 Å². The van der Waals surface area contributed by atoms with Crippen molar-refractivity contribution in [3.63, 3.8) is 0 Å². The highest BCUT2D eigenvalue weighted by Crippen LogP contribution is 2.33. The average Bonchev–Trinajstić information content (AvgIpc) is 3.19. The van der Waals surface area contributed by atoms with Crippen molar-refractivity contribution in [3.05, 3.63) is 23.8 Å². The fourth-order valence-electron chi connectivity index (χ4n) is 1.95. The van der Waals surface area contributed by atoms with Gasteiger partial charge in [0.25, 0.3) is 5.91 Å². The van der Waals surface area contributed by atoms with Crippen molar-refractivity contribution in [2.45, 2.75) is 25.7 Å². The highest BCUT2D eigenvalue weighted by molar-refractivity contribution is 5.95. The molecule has 0 saturated heterocycles. The molecule has 1 aromatic rings. The number of hydrogen-bond donors (Lipinski definition) is 2. The molecule has 2 rings (SSSR count). The fraction of sp³-hybridized carbons (Fsp3) is 0.500. The van der Waals surface area contributed by atoms with Gasteiger partial charge in [0.1, 0.15) is 5.75 Å². The van der Waals surface area contributed by atoms with Crippen LogP contribution in [0.2, 0.25) is 0 Å². The zero-order valence-corrected chi connectivity index (χ0v) is 10.7. The van der Waals surface area contributed by atoms with Crippen molar-refractivity contribution in [3.8, 4) is 5.75 Å². The molecule has 1 fully saturated rings. The Balaban J connectivity index is 1.83. The summed E-state index contributed by atoms with van der Waals surface area (Å²) in [4.78, 5) is 11.9. The molecule has 98 valence electrons. The number of rotatable bonds is 6. The van der Waals surface area contributed by atoms with E-state index in [1.165, 1.54) is 19.3 Å². The van der Waals surface area contributed by atoms with E-state index in [9.17, 15) is 4.79 Å². The first-order valence-electron chi connectivity index (χ1n) is 6.42. The molecule has 4 heteroatoms. The number of carbonyl (C=O) groups excluding carboxylic acids is 1. The summed E-state index contributed by atoms with van der Waals surface area (Å²) >= 11 is 0. The van der Waals surface area contributed by atoms with Crippen LogP contribution in [0.4, 0.5) is 5.69 Å². The zero-order valence-electron chi connectivity index (χ0n) is 10.7. The van der Waals surface area contributed by atoms with Crippen molar-refractivity contribution in [2.24, 2.45) is 5.92 Å². The third-order valence-electron chi connectivity index (χ3n) is 3.27. The minimum absolute atomic E-state index is 0.0657. The minimum Gasteiger partial charge on any atom is -0.495 e. The van der Waals surface area contributed by atoms with Crippen LogP contribution in [-0.4, -0.2) is 19.6 Å². The topological polar surface area (TPSA) is 64.3 Å². The molecular weight excluding hydrogens is 228 g/mol. The summed E-state index contributed by atoms with van der Waals surface area (Å²) in [6.45, 7) is 0.738. The Hall–Kier alpha value is -1.71. The van der Waals surface area contributed by atoms with Crippen LogP contribution in [0, 0.1) is 5.92 Å². The first-order valence-corrected chi connectivity index (χ1v) is 6.42. The molecule has 0 heterocycles. The van der Waals surface area contributed by atoms with Gasteiger partial charge in [-0.3, -0.25) is 4.79 Å². The predicted octanol–water partition coefficient (Wildman–Crippen LogP) is 2.20. The molecule has 0 aliphatic heterocycles. The van der Waals surface area contributed by atoms with Crippen LogP contribution in [0.15, 0.2) is 18.2 Å². The van der Waals surface area contributed by atoms with Gasteiger partial charge >= 0.3 is 0 Å². The van der Waals surface area contributed by atoms with Gasteiger partial charge in [-0.1, -0.05) is 12.8 Å². The normalized spacial score (nSPS) is 14.3. The predicted molar refractivity (Wildman–Crippen MR) is 71.7 cm³/mol. The number of amides is 1. The van der Waals surface area contributed by atoms with Crippen LogP contribution in [0.25, 0.3) is 0 Å². The van der Waals surface area contributed by atoms with Gasteiger partial charge in [-0.2, -0.15) is 0 Å². The summed E-state index contributed by atoms with van der Waals surface area (Å²) < 4.78 is 5.10. The number of anilines is 1. The molecule has 18 heavy (non-hydrogen) atoms. The molecule has 0 atom stereocenters. The Morgan fingerprint density at radius 3 is 2.94 bits per heavy atom. The third-order valence-corrected chi connectivity index (χ3v) is 3.27. The lowest BCUT2D eigenvalue weighted by Crippen LogP contribution is -2.24. The van der Waals surface area contributed by atoms with Crippen LogP contribution in [-0.2, 0) is 0 Å². The number of ether oxygens (including phenoxy) is 1. The van der Waals surface area contributed by atoms with Crippen LogP contribution in [0.1, 0.15) is 36.0 Å². The Morgan fingerprint density at radius 2 is 2.28 bits per heavy atom. The maximum absolute atomic E-state index is 11.9. The van der Waals surface area contributed by atoms with Crippen LogP contribution in [0.5, 0.6) is 5.75 Å². The van der Waals surface area contributed by atoms with Gasteiger partial charge in [0, 0.05) is 12.1 Å². The van der Waals surface area contributed by atoms with E-state index >= 15 is 0 Å². The number of benzene rings is 1. The number of carbonyl (C=O) groups is 1. The maximum atomic E-state index is 11.9. The largest absolute Gasteiger partial charge is 0.495 e. The van der Waals surface area contributed by atoms with Gasteiger partial charge in [-0.05, 0) is 37.0 Å². The lowest BCUT2D eigenvalue weighted by atomic mass is 10.1. The Kier molecular flexibility index (Phi) is 4.07. The van der Waals surface area contributed by atoms with E-state index in [0.29, 0.717) is 17.0 Å². The van der Waals surface area contributed by atoms with Gasteiger partial charge in [0.15, 0.2) is 0 Å². The van der Waals surface area contributed by atoms with Crippen molar-refractivity contribution >= 4 is 11.6 Å². The molecule has 4 nitrogen and oxygen atoms in total. The molecule has 1 aliphatic rings. The van der Waals surface area contributed by atoms with Crippen molar-refractivity contribution in [2.75, 3.05) is 19.4 Å². The number of methoxy groups -OCH3 is 1. The SMILES string of the molecule is COc1cc(C(=O)NCCCC2CC2)ccc1N. The fourth-order valence-corrected chi connectivity index (χ4v) is 1.95. The van der Waals surface area contributed by atoms with Gasteiger partial charge < -0.3 is 15.8 Å². The second-order valence-electron chi connectivity index (χ2n) is 4.80. The molecule has 0 spiro atoms. The molecule has 0 radical (unpaired) electrons. The van der Waals surface area contributed by atoms with Crippen molar-refractivity contribution < 1.29 is 9.53 Å². The van der Waals surface area contributed by atoms with Crippen LogP contribution in [0.3, 0.4) is 0 Å². The molecule has 0 aromatic heterocycles. The first kappa shape index (κ1) is 12.7. The summed E-state index contributed by atoms with van der Waals surface area (Å²) in [7, 11) is 1.54. The molecule has 0 bridgehead atoms. The van der Waals surface area contributed by atoms with E-state index in [0.717, 1.165) is 18.9 Å². The number of nitrogens with two attached hydrogens (primary N) is 1. The first-order chi connectivity index (χ1) is 8.70. The second-order valence-corrected chi connectivity index (χ2v) is 4.80. The van der Waals surface area contributed by atoms with Gasteiger partial charge in [-0.15, -0.1) is 0 Å². The van der Waals surface area contributed by atoms with E-state index in [-0.39, 0.29) is 5.91 Å². The number of nitrogens with one attached hydrogen (secondary N) is 1. The molecular formula is C14H20N2O2. The van der Waals surface area contributed by atoms with E-state index in [4.69, 9.17) is 10.5 Å². The Labute approximate surface area is 108 Å². The quantitative estimate of drug-likeness (QED) is 0.599. The summed E-state index contributed by atoms with van der Waals surface area (Å²) in [5, 5.41) is 2.92. The number of nitrogen functional groups attached to an aromatic ring is 1. The summed E-state index contributed by atoms with van der Waals surface area (Å²) in [6, 6.07) is 5.08. The Morgan fingerprint density at radius 1 is 1.50 bits per heavy atom. The smallest absolute Gasteiger partial charge is 0.251 e. The van der Waals surface area contributed by atoms with E-state index in [2.05, 4.69) is 5.32 Å². The van der Waals surface area contributed by atoms with Crippen LogP contribution < -0.4 is 15.8 Å². The molecule has 1 aliphatic carbocycles. The standard InChI is InChI=1S/C14H20N2O2/c1-18-13-9-11(6-7-12(13)15)14(17)16-8-2-3-10-4-5-10/h6-7,9-10H,2-5,8,15H2,1H3,(H,16,17). The second kappa shape index (κ2) is 5.76. The van der Waals surface area contributed by atoms with Gasteiger partial charge in [-0.25, -0.2) is 0 Å². The maximum Gasteiger partial charge on any atom is 0.251 e. The summed E-state index contributed by atoms with van der Waals surface area (Å²) in [5.74, 6) is 1.39. The molecule has 1 amide bonds. The highest BCUT2D eigenvalue weighted by atomic mass is 16.5. The van der Waals surface area contributed by atoms with Crippen molar-refractivity contribution in [1.29, 1.82) is 0 Å². The van der Waals surface area contributed by atoms with Gasteiger partial charge in [0.05, 0.1) is 12.8 Å². The van der Waals surface area contributed by atoms with Gasteiger partial charge in [0.2, 0.25) is 0 Å². The minimum atomic E-state index is -0.0657. The number of hydrogen-bond acceptors (Lipinski definition) is 3.